The normalized spacial score (nSPS) is 22.1. The Morgan fingerprint density at radius 1 is 0.936 bits per heavy atom. The minimum Gasteiger partial charge on any atom is -0.460 e. The van der Waals surface area contributed by atoms with Gasteiger partial charge in [0.1, 0.15) is 30.8 Å². The maximum atomic E-state index is 14.3. The number of esters is 1. The molecule has 1 aromatic rings. The first-order valence-electron chi connectivity index (χ1n) is 17.0. The fraction of sp³-hybridized carbons (Fsp3) is 0.657. The average Bonchev–Trinajstić information content (AvgIpc) is 3.67. The van der Waals surface area contributed by atoms with Gasteiger partial charge < -0.3 is 30.3 Å². The summed E-state index contributed by atoms with van der Waals surface area (Å²) in [6.45, 7) is 6.65. The number of benzene rings is 1. The molecule has 12 nitrogen and oxygen atoms in total. The van der Waals surface area contributed by atoms with Crippen molar-refractivity contribution in [1.82, 2.24) is 20.9 Å². The highest BCUT2D eigenvalue weighted by Gasteiger charge is 2.53. The highest BCUT2D eigenvalue weighted by molar-refractivity contribution is 6.38. The Hall–Kier alpha value is -3.96. The molecule has 2 aliphatic carbocycles. The van der Waals surface area contributed by atoms with Crippen LogP contribution in [0.2, 0.25) is 0 Å². The highest BCUT2D eigenvalue weighted by atomic mass is 16.6. The van der Waals surface area contributed by atoms with Crippen LogP contribution in [0.4, 0.5) is 4.79 Å². The number of hydrogen-bond donors (Lipinski definition) is 3. The van der Waals surface area contributed by atoms with Crippen molar-refractivity contribution in [3.8, 4) is 0 Å². The molecule has 3 N–H and O–H groups in total. The molecule has 258 valence electrons. The Balaban J connectivity index is 1.41. The molecule has 47 heavy (non-hydrogen) atoms. The molecule has 4 amide bonds. The van der Waals surface area contributed by atoms with Crippen molar-refractivity contribution in [2.75, 3.05) is 6.54 Å². The summed E-state index contributed by atoms with van der Waals surface area (Å²) in [5, 5.41) is 7.92. The summed E-state index contributed by atoms with van der Waals surface area (Å²) in [5.41, 5.74) is 0.0439. The van der Waals surface area contributed by atoms with Crippen molar-refractivity contribution in [3.63, 3.8) is 0 Å². The summed E-state index contributed by atoms with van der Waals surface area (Å²) in [6.07, 6.45) is 6.76. The van der Waals surface area contributed by atoms with E-state index in [2.05, 4.69) is 16.0 Å². The summed E-state index contributed by atoms with van der Waals surface area (Å²) in [4.78, 5) is 80.8. The molecular weight excluding hydrogens is 604 g/mol. The van der Waals surface area contributed by atoms with E-state index in [0.29, 0.717) is 12.8 Å². The first kappa shape index (κ1) is 35.9. The molecule has 4 unspecified atom stereocenters. The third kappa shape index (κ3) is 9.77. The van der Waals surface area contributed by atoms with E-state index >= 15 is 0 Å². The van der Waals surface area contributed by atoms with Gasteiger partial charge >= 0.3 is 12.1 Å². The number of Topliss-reactive ketones (excluding diaryl/α,β-unsaturated/α-hetero) is 1. The van der Waals surface area contributed by atoms with E-state index < -0.39 is 59.9 Å². The Kier molecular flexibility index (Phi) is 12.4. The van der Waals surface area contributed by atoms with Gasteiger partial charge in [-0.1, -0.05) is 62.9 Å². The van der Waals surface area contributed by atoms with E-state index in [9.17, 15) is 28.8 Å². The standard InChI is InChI=1S/C35H50N4O8/c1-5-12-26(30(41)32(43)36-20-27(40)46-21-22-13-8-6-9-14-22)37-31(42)29-24-17-18-25(19-24)39(29)33(44)28(23-15-10-7-11-16-23)38-34(45)47-35(2,3)4/h6,8-9,13-14,23-26,28-29H,5,7,10-12,15-21H2,1-4H3,(H,36,43)(H,37,42)(H,38,45)/t24?,25?,26?,28-,29?/m0/s1. The summed E-state index contributed by atoms with van der Waals surface area (Å²) >= 11 is 0. The first-order chi connectivity index (χ1) is 22.4. The first-order valence-corrected chi connectivity index (χ1v) is 17.0. The number of hydrogen-bond acceptors (Lipinski definition) is 8. The van der Waals surface area contributed by atoms with Gasteiger partial charge in [0.05, 0.1) is 6.04 Å². The van der Waals surface area contributed by atoms with Gasteiger partial charge in [-0.05, 0) is 76.7 Å². The lowest BCUT2D eigenvalue weighted by molar-refractivity contribution is -0.148. The molecule has 3 fully saturated rings. The molecule has 12 heteroatoms. The maximum Gasteiger partial charge on any atom is 0.408 e. The quantitative estimate of drug-likeness (QED) is 0.215. The van der Waals surface area contributed by atoms with Gasteiger partial charge in [0.2, 0.25) is 17.6 Å². The number of fused-ring (bicyclic) bond motifs is 2. The maximum absolute atomic E-state index is 14.3. The van der Waals surface area contributed by atoms with Gasteiger partial charge in [0, 0.05) is 6.04 Å². The molecule has 0 spiro atoms. The smallest absolute Gasteiger partial charge is 0.408 e. The third-order valence-corrected chi connectivity index (χ3v) is 9.24. The summed E-state index contributed by atoms with van der Waals surface area (Å²) in [6, 6.07) is 6.13. The largest absolute Gasteiger partial charge is 0.460 e. The molecule has 1 aliphatic heterocycles. The number of rotatable bonds is 13. The van der Waals surface area contributed by atoms with Crippen LogP contribution in [0.5, 0.6) is 0 Å². The number of carbonyl (C=O) groups excluding carboxylic acids is 6. The van der Waals surface area contributed by atoms with Gasteiger partial charge in [-0.25, -0.2) is 4.79 Å². The van der Waals surface area contributed by atoms with E-state index in [4.69, 9.17) is 9.47 Å². The molecule has 0 radical (unpaired) electrons. The molecule has 4 rings (SSSR count). The minimum absolute atomic E-state index is 0.0334. The number of alkyl carbamates (subject to hydrolysis) is 1. The zero-order chi connectivity index (χ0) is 34.1. The Labute approximate surface area is 277 Å². The van der Waals surface area contributed by atoms with Crippen molar-refractivity contribution in [3.05, 3.63) is 35.9 Å². The number of nitrogens with zero attached hydrogens (tertiary/aromatic N) is 1. The van der Waals surface area contributed by atoms with Crippen molar-refractivity contribution in [2.45, 2.75) is 128 Å². The number of amides is 4. The Morgan fingerprint density at radius 3 is 2.30 bits per heavy atom. The lowest BCUT2D eigenvalue weighted by Crippen LogP contribution is -2.61. The number of ether oxygens (including phenoxy) is 2. The lowest BCUT2D eigenvalue weighted by Gasteiger charge is -2.40. The second kappa shape index (κ2) is 16.2. The van der Waals surface area contributed by atoms with Gasteiger partial charge in [0.25, 0.3) is 5.91 Å². The molecule has 2 saturated carbocycles. The lowest BCUT2D eigenvalue weighted by atomic mass is 9.83. The molecule has 0 aromatic heterocycles. The van der Waals surface area contributed by atoms with Crippen LogP contribution < -0.4 is 16.0 Å². The van der Waals surface area contributed by atoms with Gasteiger partial charge in [-0.3, -0.25) is 24.0 Å². The van der Waals surface area contributed by atoms with Crippen molar-refractivity contribution < 1.29 is 38.2 Å². The Bertz CT molecular complexity index is 1290. The SMILES string of the molecule is CCCC(NC(=O)C1C2CCC(C2)N1C(=O)[C@@H](NC(=O)OC(C)(C)C)C1CCCCC1)C(=O)C(=O)NCC(=O)OCc1ccccc1. The van der Waals surface area contributed by atoms with Crippen molar-refractivity contribution in [2.24, 2.45) is 11.8 Å². The molecule has 5 atom stereocenters. The third-order valence-electron chi connectivity index (χ3n) is 9.24. The van der Waals surface area contributed by atoms with Crippen LogP contribution in [0.25, 0.3) is 0 Å². The summed E-state index contributed by atoms with van der Waals surface area (Å²) in [5.74, 6) is -3.54. The fourth-order valence-electron chi connectivity index (χ4n) is 7.09. The zero-order valence-corrected chi connectivity index (χ0v) is 28.0. The van der Waals surface area contributed by atoms with Gasteiger partial charge in [-0.15, -0.1) is 0 Å². The van der Waals surface area contributed by atoms with E-state index in [-0.39, 0.29) is 36.8 Å². The molecule has 1 aromatic carbocycles. The summed E-state index contributed by atoms with van der Waals surface area (Å²) < 4.78 is 10.7. The predicted octanol–water partition coefficient (Wildman–Crippen LogP) is 3.55. The minimum atomic E-state index is -1.13. The number of carbonyl (C=O) groups is 6. The molecule has 1 heterocycles. The monoisotopic (exact) mass is 654 g/mol. The van der Waals surface area contributed by atoms with E-state index in [0.717, 1.165) is 50.5 Å². The van der Waals surface area contributed by atoms with Crippen LogP contribution in [0.3, 0.4) is 0 Å². The van der Waals surface area contributed by atoms with Gasteiger partial charge in [0.15, 0.2) is 0 Å². The Morgan fingerprint density at radius 2 is 1.64 bits per heavy atom. The number of likely N-dealkylation sites (tertiary alicyclic amines) is 1. The van der Waals surface area contributed by atoms with Crippen molar-refractivity contribution >= 4 is 35.6 Å². The highest BCUT2D eigenvalue weighted by Crippen LogP contribution is 2.43. The summed E-state index contributed by atoms with van der Waals surface area (Å²) in [7, 11) is 0. The second-order valence-electron chi connectivity index (χ2n) is 14.0. The van der Waals surface area contributed by atoms with Crippen LogP contribution >= 0.6 is 0 Å². The van der Waals surface area contributed by atoms with Crippen LogP contribution in [0.15, 0.2) is 30.3 Å². The van der Waals surface area contributed by atoms with Crippen LogP contribution in [0, 0.1) is 11.8 Å². The zero-order valence-electron chi connectivity index (χ0n) is 28.0. The van der Waals surface area contributed by atoms with E-state index in [1.54, 1.807) is 37.8 Å². The van der Waals surface area contributed by atoms with E-state index in [1.807, 2.05) is 25.1 Å². The number of piperidine rings is 1. The molecule has 2 bridgehead atoms. The van der Waals surface area contributed by atoms with Crippen LogP contribution in [-0.4, -0.2) is 76.8 Å². The van der Waals surface area contributed by atoms with Crippen LogP contribution in [-0.2, 0) is 40.1 Å². The number of nitrogens with one attached hydrogen (secondary N) is 3. The number of ketones is 1. The predicted molar refractivity (Wildman–Crippen MR) is 173 cm³/mol. The fourth-order valence-corrected chi connectivity index (χ4v) is 7.09. The average molecular weight is 655 g/mol. The van der Waals surface area contributed by atoms with Gasteiger partial charge in [-0.2, -0.15) is 0 Å². The van der Waals surface area contributed by atoms with Crippen LogP contribution in [0.1, 0.15) is 97.5 Å². The second-order valence-corrected chi connectivity index (χ2v) is 14.0. The topological polar surface area (TPSA) is 160 Å². The van der Waals surface area contributed by atoms with Crippen molar-refractivity contribution in [1.29, 1.82) is 0 Å². The molecular formula is C35H50N4O8. The molecule has 1 saturated heterocycles. The molecule has 3 aliphatic rings. The van der Waals surface area contributed by atoms with E-state index in [1.165, 1.54) is 0 Å².